The second-order valence-corrected chi connectivity index (χ2v) is 5.32. The van der Waals surface area contributed by atoms with Gasteiger partial charge in [0.25, 0.3) is 0 Å². The Morgan fingerprint density at radius 2 is 1.80 bits per heavy atom. The summed E-state index contributed by atoms with van der Waals surface area (Å²) in [5.41, 5.74) is -0.211. The first kappa shape index (κ1) is 13.0. The quantitative estimate of drug-likeness (QED) is 0.736. The number of ether oxygens (including phenoxy) is 1. The molecule has 1 atom stereocenters. The van der Waals surface area contributed by atoms with Crippen molar-refractivity contribution in [3.8, 4) is 0 Å². The van der Waals surface area contributed by atoms with Crippen molar-refractivity contribution in [3.05, 3.63) is 0 Å². The third-order valence-corrected chi connectivity index (χ3v) is 3.72. The summed E-state index contributed by atoms with van der Waals surface area (Å²) in [5.74, 6) is 0.735. The van der Waals surface area contributed by atoms with Gasteiger partial charge < -0.3 is 9.84 Å². The molecule has 90 valence electrons. The maximum absolute atomic E-state index is 10.2. The maximum Gasteiger partial charge on any atom is 0.0936 e. The van der Waals surface area contributed by atoms with E-state index in [1.165, 1.54) is 19.3 Å². The summed E-state index contributed by atoms with van der Waals surface area (Å²) < 4.78 is 5.57. The molecule has 2 heteroatoms. The highest BCUT2D eigenvalue weighted by atomic mass is 16.5. The number of hydrogen-bond acceptors (Lipinski definition) is 2. The van der Waals surface area contributed by atoms with Crippen LogP contribution in [0.1, 0.15) is 58.8 Å². The molecule has 0 amide bonds. The Morgan fingerprint density at radius 3 is 2.27 bits per heavy atom. The van der Waals surface area contributed by atoms with Gasteiger partial charge in [0.15, 0.2) is 0 Å². The van der Waals surface area contributed by atoms with Gasteiger partial charge in [-0.1, -0.05) is 39.5 Å². The van der Waals surface area contributed by atoms with Crippen molar-refractivity contribution >= 4 is 0 Å². The lowest BCUT2D eigenvalue weighted by atomic mass is 9.90. The fraction of sp³-hybridized carbons (Fsp3) is 1.00. The molecule has 0 aliphatic heterocycles. The van der Waals surface area contributed by atoms with Crippen molar-refractivity contribution in [1.82, 2.24) is 0 Å². The smallest absolute Gasteiger partial charge is 0.0936 e. The Balaban J connectivity index is 2.33. The van der Waals surface area contributed by atoms with E-state index >= 15 is 0 Å². The van der Waals surface area contributed by atoms with E-state index in [0.717, 1.165) is 31.6 Å². The summed E-state index contributed by atoms with van der Waals surface area (Å²) in [7, 11) is 1.75. The van der Waals surface area contributed by atoms with Gasteiger partial charge in [0, 0.05) is 7.11 Å². The van der Waals surface area contributed by atoms with Crippen LogP contribution in [0.15, 0.2) is 0 Å². The number of rotatable bonds is 6. The van der Waals surface area contributed by atoms with Crippen LogP contribution in [-0.4, -0.2) is 23.9 Å². The standard InChI is InChI=1S/C13H26O2/c1-11(2)7-6-8-12(14)13(15-3)9-4-5-10-13/h11-12,14H,4-10H2,1-3H3. The van der Waals surface area contributed by atoms with E-state index in [2.05, 4.69) is 13.8 Å². The zero-order chi connectivity index (χ0) is 11.3. The molecule has 0 bridgehead atoms. The molecule has 1 N–H and O–H groups in total. The molecular formula is C13H26O2. The fourth-order valence-electron chi connectivity index (χ4n) is 2.63. The first-order valence-corrected chi connectivity index (χ1v) is 6.34. The minimum absolute atomic E-state index is 0.211. The van der Waals surface area contributed by atoms with Crippen molar-refractivity contribution in [2.45, 2.75) is 70.5 Å². The highest BCUT2D eigenvalue weighted by Crippen LogP contribution is 2.37. The van der Waals surface area contributed by atoms with Gasteiger partial charge in [0.1, 0.15) is 0 Å². The van der Waals surface area contributed by atoms with Crippen LogP contribution in [0, 0.1) is 5.92 Å². The summed E-state index contributed by atoms with van der Waals surface area (Å²) in [5, 5.41) is 10.2. The predicted molar refractivity (Wildman–Crippen MR) is 62.9 cm³/mol. The van der Waals surface area contributed by atoms with Crippen LogP contribution in [0.4, 0.5) is 0 Å². The third kappa shape index (κ3) is 3.46. The SMILES string of the molecule is COC1(C(O)CCCC(C)C)CCCC1. The largest absolute Gasteiger partial charge is 0.390 e. The Hall–Kier alpha value is -0.0800. The van der Waals surface area contributed by atoms with Crippen molar-refractivity contribution < 1.29 is 9.84 Å². The topological polar surface area (TPSA) is 29.5 Å². The minimum Gasteiger partial charge on any atom is -0.390 e. The zero-order valence-electron chi connectivity index (χ0n) is 10.5. The Bertz CT molecular complexity index is 171. The Kier molecular flexibility index (Phi) is 5.07. The molecule has 0 aromatic carbocycles. The van der Waals surface area contributed by atoms with Gasteiger partial charge in [-0.05, 0) is 25.2 Å². The minimum atomic E-state index is -0.260. The van der Waals surface area contributed by atoms with Crippen LogP contribution in [-0.2, 0) is 4.74 Å². The highest BCUT2D eigenvalue weighted by Gasteiger charge is 2.40. The Morgan fingerprint density at radius 1 is 1.20 bits per heavy atom. The maximum atomic E-state index is 10.2. The molecule has 1 fully saturated rings. The molecule has 0 radical (unpaired) electrons. The Labute approximate surface area is 94.0 Å². The molecule has 0 spiro atoms. The van der Waals surface area contributed by atoms with E-state index in [9.17, 15) is 5.11 Å². The number of aliphatic hydroxyl groups is 1. The molecule has 15 heavy (non-hydrogen) atoms. The fourth-order valence-corrected chi connectivity index (χ4v) is 2.63. The summed E-state index contributed by atoms with van der Waals surface area (Å²) in [6.45, 7) is 4.46. The molecule has 0 aromatic heterocycles. The molecule has 1 aliphatic carbocycles. The molecule has 0 heterocycles. The van der Waals surface area contributed by atoms with Gasteiger partial charge in [0.2, 0.25) is 0 Å². The third-order valence-electron chi connectivity index (χ3n) is 3.72. The molecule has 1 rings (SSSR count). The van der Waals surface area contributed by atoms with Gasteiger partial charge in [-0.25, -0.2) is 0 Å². The number of hydrogen-bond donors (Lipinski definition) is 1. The van der Waals surface area contributed by atoms with E-state index in [0.29, 0.717) is 0 Å². The van der Waals surface area contributed by atoms with Gasteiger partial charge in [-0.3, -0.25) is 0 Å². The molecule has 0 saturated heterocycles. The zero-order valence-corrected chi connectivity index (χ0v) is 10.5. The van der Waals surface area contributed by atoms with E-state index in [-0.39, 0.29) is 11.7 Å². The second kappa shape index (κ2) is 5.86. The van der Waals surface area contributed by atoms with Crippen LogP contribution < -0.4 is 0 Å². The van der Waals surface area contributed by atoms with Gasteiger partial charge >= 0.3 is 0 Å². The lowest BCUT2D eigenvalue weighted by Crippen LogP contribution is -2.41. The monoisotopic (exact) mass is 214 g/mol. The van der Waals surface area contributed by atoms with E-state index in [4.69, 9.17) is 4.74 Å². The molecular weight excluding hydrogens is 188 g/mol. The first-order valence-electron chi connectivity index (χ1n) is 6.34. The molecule has 1 unspecified atom stereocenters. The van der Waals surface area contributed by atoms with E-state index in [1.54, 1.807) is 7.11 Å². The van der Waals surface area contributed by atoms with Crippen LogP contribution >= 0.6 is 0 Å². The average molecular weight is 214 g/mol. The van der Waals surface area contributed by atoms with Crippen LogP contribution in [0.3, 0.4) is 0 Å². The first-order chi connectivity index (χ1) is 7.10. The van der Waals surface area contributed by atoms with Gasteiger partial charge in [-0.2, -0.15) is 0 Å². The molecule has 0 aromatic rings. The highest BCUT2D eigenvalue weighted by molar-refractivity contribution is 4.92. The summed E-state index contributed by atoms with van der Waals surface area (Å²) in [6, 6.07) is 0. The summed E-state index contributed by atoms with van der Waals surface area (Å²) in [4.78, 5) is 0. The second-order valence-electron chi connectivity index (χ2n) is 5.32. The lowest BCUT2D eigenvalue weighted by Gasteiger charge is -2.33. The molecule has 1 saturated carbocycles. The van der Waals surface area contributed by atoms with E-state index < -0.39 is 0 Å². The number of aliphatic hydroxyl groups excluding tert-OH is 1. The van der Waals surface area contributed by atoms with Crippen molar-refractivity contribution in [1.29, 1.82) is 0 Å². The lowest BCUT2D eigenvalue weighted by molar-refractivity contribution is -0.101. The van der Waals surface area contributed by atoms with Gasteiger partial charge in [-0.15, -0.1) is 0 Å². The van der Waals surface area contributed by atoms with Crippen LogP contribution in [0.5, 0.6) is 0 Å². The summed E-state index contributed by atoms with van der Waals surface area (Å²) >= 11 is 0. The average Bonchev–Trinajstić information content (AvgIpc) is 2.66. The van der Waals surface area contributed by atoms with Gasteiger partial charge in [0.05, 0.1) is 11.7 Å². The predicted octanol–water partition coefficient (Wildman–Crippen LogP) is 3.13. The van der Waals surface area contributed by atoms with Crippen molar-refractivity contribution in [2.24, 2.45) is 5.92 Å². The summed E-state index contributed by atoms with van der Waals surface area (Å²) in [6.07, 6.45) is 7.43. The van der Waals surface area contributed by atoms with Crippen molar-refractivity contribution in [3.63, 3.8) is 0 Å². The van der Waals surface area contributed by atoms with Crippen molar-refractivity contribution in [2.75, 3.05) is 7.11 Å². The van der Waals surface area contributed by atoms with Crippen LogP contribution in [0.25, 0.3) is 0 Å². The number of methoxy groups -OCH3 is 1. The molecule has 2 nitrogen and oxygen atoms in total. The van der Waals surface area contributed by atoms with Crippen LogP contribution in [0.2, 0.25) is 0 Å². The normalized spacial score (nSPS) is 22.2. The van der Waals surface area contributed by atoms with E-state index in [1.807, 2.05) is 0 Å². The molecule has 1 aliphatic rings.